The van der Waals surface area contributed by atoms with E-state index >= 15 is 0 Å². The molecule has 0 spiro atoms. The van der Waals surface area contributed by atoms with Crippen LogP contribution in [0.15, 0.2) is 0 Å². The lowest BCUT2D eigenvalue weighted by molar-refractivity contribution is -0.488. The molecule has 0 unspecified atom stereocenters. The number of alkyl halides is 32. The van der Waals surface area contributed by atoms with E-state index in [0.717, 1.165) is 0 Å². The fourth-order valence-corrected chi connectivity index (χ4v) is 2.84. The summed E-state index contributed by atoms with van der Waals surface area (Å²) >= 11 is 0. The van der Waals surface area contributed by atoms with Crippen molar-refractivity contribution in [3.63, 3.8) is 0 Å². The first kappa shape index (κ1) is 48.2. The molecule has 2 nitrogen and oxygen atoms in total. The Morgan fingerprint density at radius 1 is 0.294 bits per heavy atom. The average Bonchev–Trinajstić information content (AvgIpc) is 2.90. The van der Waals surface area contributed by atoms with Crippen LogP contribution in [-0.4, -0.2) is 101 Å². The van der Waals surface area contributed by atoms with Crippen molar-refractivity contribution in [2.75, 3.05) is 0 Å². The maximum Gasteiger partial charge on any atom is 0.385 e. The molecule has 0 bridgehead atoms. The Bertz CT molecular complexity index is 1300. The molecule has 0 saturated heterocycles. The van der Waals surface area contributed by atoms with Crippen LogP contribution in [0.1, 0.15) is 0 Å². The van der Waals surface area contributed by atoms with Gasteiger partial charge in [0.25, 0.3) is 0 Å². The smallest absolute Gasteiger partial charge is 0.385 e. The van der Waals surface area contributed by atoms with E-state index in [4.69, 9.17) is 0 Å². The van der Waals surface area contributed by atoms with E-state index in [-0.39, 0.29) is 0 Å². The second-order valence-corrected chi connectivity index (χ2v) is 9.25. The summed E-state index contributed by atoms with van der Waals surface area (Å²) < 4.78 is 427. The Labute approximate surface area is 253 Å². The Morgan fingerprint density at radius 3 is 0.569 bits per heavy atom. The normalized spacial score (nSPS) is 17.0. The molecule has 0 aromatic carbocycles. The second kappa shape index (κ2) is 11.6. The molecule has 0 aromatic rings. The predicted molar refractivity (Wildman–Crippen MR) is 85.2 cm³/mol. The van der Waals surface area contributed by atoms with Crippen molar-refractivity contribution in [2.24, 2.45) is 0 Å². The van der Waals surface area contributed by atoms with Crippen LogP contribution in [0.3, 0.4) is 0 Å². The van der Waals surface area contributed by atoms with Gasteiger partial charge in [0.1, 0.15) is 5.97 Å². The third-order valence-corrected chi connectivity index (χ3v) is 6.08. The highest BCUT2D eigenvalue weighted by atomic mass is 19.4. The first-order chi connectivity index (χ1) is 21.4. The second-order valence-electron chi connectivity index (χ2n) is 9.25. The molecular formula is C17HF32O2-. The molecule has 0 rings (SSSR count). The molecular weight excluding hydrogens is 844 g/mol. The van der Waals surface area contributed by atoms with Crippen molar-refractivity contribution in [3.8, 4) is 0 Å². The standard InChI is InChI=1S/C17H2F32O2/c18-1(19)3(20,21)5(24,25)7(28,29)9(32,33)11(36,37)13(40,41)15(44,45)17(48,49)16(46,47)14(42,43)12(38,39)10(34,35)8(30,31)6(26,27)4(22,23)2(50)51/h1H,(H,50,51)/p-1. The van der Waals surface area contributed by atoms with Gasteiger partial charge in [-0.3, -0.25) is 0 Å². The molecule has 0 saturated carbocycles. The molecule has 0 amide bonds. The Hall–Kier alpha value is -2.77. The fraction of sp³-hybridized carbons (Fsp3) is 0.941. The molecule has 306 valence electrons. The van der Waals surface area contributed by atoms with Gasteiger partial charge in [0.05, 0.1) is 0 Å². The largest absolute Gasteiger partial charge is 0.544 e. The van der Waals surface area contributed by atoms with Crippen LogP contribution in [0.25, 0.3) is 0 Å². The number of carboxylic acids is 1. The van der Waals surface area contributed by atoms with Crippen LogP contribution in [0.5, 0.6) is 0 Å². The molecule has 0 heterocycles. The van der Waals surface area contributed by atoms with E-state index in [1.807, 2.05) is 0 Å². The average molecular weight is 845 g/mol. The maximum atomic E-state index is 13.7. The summed E-state index contributed by atoms with van der Waals surface area (Å²) in [6.07, 6.45) is -6.49. The molecule has 0 atom stereocenters. The summed E-state index contributed by atoms with van der Waals surface area (Å²) in [5.74, 6) is -148. The third-order valence-electron chi connectivity index (χ3n) is 6.08. The van der Waals surface area contributed by atoms with E-state index in [1.54, 1.807) is 0 Å². The number of rotatable bonds is 16. The van der Waals surface area contributed by atoms with E-state index in [2.05, 4.69) is 0 Å². The summed E-state index contributed by atoms with van der Waals surface area (Å²) in [4.78, 5) is 9.83. The number of hydrogen-bond acceptors (Lipinski definition) is 2. The van der Waals surface area contributed by atoms with Gasteiger partial charge in [-0.2, -0.15) is 132 Å². The fourth-order valence-electron chi connectivity index (χ4n) is 2.84. The number of aliphatic carboxylic acids is 1. The first-order valence-electron chi connectivity index (χ1n) is 10.6. The van der Waals surface area contributed by atoms with E-state index in [9.17, 15) is 150 Å². The summed E-state index contributed by atoms with van der Waals surface area (Å²) in [6.45, 7) is 0. The predicted octanol–water partition coefficient (Wildman–Crippen LogP) is 8.53. The van der Waals surface area contributed by atoms with Crippen LogP contribution < -0.4 is 5.11 Å². The third kappa shape index (κ3) is 5.28. The lowest BCUT2D eigenvalue weighted by Crippen LogP contribution is -2.80. The molecule has 0 fully saturated rings. The molecule has 0 aliphatic heterocycles. The molecule has 0 aromatic heterocycles. The highest BCUT2D eigenvalue weighted by Crippen LogP contribution is 2.69. The zero-order chi connectivity index (χ0) is 42.7. The minimum atomic E-state index is -10.2. The highest BCUT2D eigenvalue weighted by Gasteiger charge is 3.01. The van der Waals surface area contributed by atoms with Crippen molar-refractivity contribution in [1.82, 2.24) is 0 Å². The van der Waals surface area contributed by atoms with Gasteiger partial charge < -0.3 is 9.90 Å². The van der Waals surface area contributed by atoms with Crippen molar-refractivity contribution in [3.05, 3.63) is 0 Å². The number of hydrogen-bond donors (Lipinski definition) is 0. The van der Waals surface area contributed by atoms with Crippen molar-refractivity contribution in [2.45, 2.75) is 95.3 Å². The van der Waals surface area contributed by atoms with Crippen LogP contribution >= 0.6 is 0 Å². The van der Waals surface area contributed by atoms with Gasteiger partial charge >= 0.3 is 95.3 Å². The quantitative estimate of drug-likeness (QED) is 0.146. The maximum absolute atomic E-state index is 13.7. The van der Waals surface area contributed by atoms with Crippen molar-refractivity contribution in [1.29, 1.82) is 0 Å². The topological polar surface area (TPSA) is 40.1 Å². The molecule has 0 aliphatic rings. The van der Waals surface area contributed by atoms with Gasteiger partial charge in [-0.15, -0.1) is 0 Å². The molecule has 0 N–H and O–H groups in total. The van der Waals surface area contributed by atoms with Crippen molar-refractivity contribution >= 4 is 5.97 Å². The Kier molecular flexibility index (Phi) is 11.0. The Balaban J connectivity index is 7.72. The SMILES string of the molecule is O=C([O-])C(F)(F)C(F)(F)C(F)(F)C(F)(F)C(F)(F)C(F)(F)C(F)(F)C(F)(F)C(F)(F)C(F)(F)C(F)(F)C(F)(F)C(F)(F)C(F)(F)C(F)(F)C(F)F. The number of carbonyl (C=O) groups excluding carboxylic acids is 1. The monoisotopic (exact) mass is 845 g/mol. The number of halogens is 32. The number of carboxylic acid groups (broad SMARTS) is 1. The molecule has 0 radical (unpaired) electrons. The minimum absolute atomic E-state index is 5.07. The van der Waals surface area contributed by atoms with Crippen LogP contribution in [0, 0.1) is 0 Å². The molecule has 34 heteroatoms. The number of carbonyl (C=O) groups is 1. The zero-order valence-corrected chi connectivity index (χ0v) is 21.5. The van der Waals surface area contributed by atoms with Gasteiger partial charge in [-0.05, 0) is 0 Å². The van der Waals surface area contributed by atoms with Gasteiger partial charge in [-0.25, -0.2) is 8.78 Å². The van der Waals surface area contributed by atoms with Gasteiger partial charge in [0.15, 0.2) is 0 Å². The van der Waals surface area contributed by atoms with E-state index in [1.165, 1.54) is 0 Å². The van der Waals surface area contributed by atoms with Gasteiger partial charge in [-0.1, -0.05) is 0 Å². The first-order valence-corrected chi connectivity index (χ1v) is 10.6. The highest BCUT2D eigenvalue weighted by molar-refractivity contribution is 5.75. The van der Waals surface area contributed by atoms with Crippen LogP contribution in [0.2, 0.25) is 0 Å². The van der Waals surface area contributed by atoms with Gasteiger partial charge in [0, 0.05) is 0 Å². The van der Waals surface area contributed by atoms with Crippen LogP contribution in [-0.2, 0) is 4.79 Å². The molecule has 51 heavy (non-hydrogen) atoms. The van der Waals surface area contributed by atoms with Crippen LogP contribution in [0.4, 0.5) is 140 Å². The lowest BCUT2D eigenvalue weighted by atomic mass is 9.82. The van der Waals surface area contributed by atoms with Crippen molar-refractivity contribution < 1.29 is 150 Å². The van der Waals surface area contributed by atoms with Gasteiger partial charge in [0.2, 0.25) is 0 Å². The summed E-state index contributed by atoms with van der Waals surface area (Å²) in [7, 11) is 0. The summed E-state index contributed by atoms with van der Waals surface area (Å²) in [5, 5.41) is 9.83. The lowest BCUT2D eigenvalue weighted by Gasteiger charge is -2.46. The zero-order valence-electron chi connectivity index (χ0n) is 21.5. The van der Waals surface area contributed by atoms with E-state index in [0.29, 0.717) is 0 Å². The molecule has 0 aliphatic carbocycles. The van der Waals surface area contributed by atoms with E-state index < -0.39 is 101 Å². The summed E-state index contributed by atoms with van der Waals surface area (Å²) in [6, 6.07) is 0. The minimum Gasteiger partial charge on any atom is -0.544 e. The Morgan fingerprint density at radius 2 is 0.431 bits per heavy atom. The summed E-state index contributed by atoms with van der Waals surface area (Å²) in [5.41, 5.74) is 0.